The molecule has 0 bridgehead atoms. The van der Waals surface area contributed by atoms with Gasteiger partial charge in [0, 0.05) is 11.9 Å². The van der Waals surface area contributed by atoms with Crippen molar-refractivity contribution in [1.29, 1.82) is 5.26 Å². The second-order valence-corrected chi connectivity index (χ2v) is 4.89. The summed E-state index contributed by atoms with van der Waals surface area (Å²) in [6.07, 6.45) is 7.91. The number of nitrogens with zero attached hydrogens (tertiary/aromatic N) is 3. The van der Waals surface area contributed by atoms with Crippen molar-refractivity contribution in [2.75, 3.05) is 0 Å². The molecule has 2 aliphatic rings. The van der Waals surface area contributed by atoms with Gasteiger partial charge in [-0.15, -0.1) is 0 Å². The summed E-state index contributed by atoms with van der Waals surface area (Å²) in [5, 5.41) is 16.1. The minimum Gasteiger partial charge on any atom is -0.342 e. The average Bonchev–Trinajstić information content (AvgIpc) is 2.87. The van der Waals surface area contributed by atoms with Gasteiger partial charge in [0.1, 0.15) is 23.3 Å². The molecular formula is C15H15N5. The summed E-state index contributed by atoms with van der Waals surface area (Å²) < 4.78 is 0. The predicted octanol–water partition coefficient (Wildman–Crippen LogP) is 2.04. The molecule has 0 atom stereocenters. The van der Waals surface area contributed by atoms with Gasteiger partial charge in [0.25, 0.3) is 0 Å². The first-order chi connectivity index (χ1) is 9.69. The molecule has 0 saturated heterocycles. The summed E-state index contributed by atoms with van der Waals surface area (Å²) in [6, 6.07) is 2.25. The Labute approximate surface area is 117 Å². The molecule has 0 saturated carbocycles. The Hall–Kier alpha value is -2.61. The summed E-state index contributed by atoms with van der Waals surface area (Å²) in [4.78, 5) is 8.55. The highest BCUT2D eigenvalue weighted by molar-refractivity contribution is 5.79. The SMILES string of the molecule is Cc1ncc(C)c(/C(C#N)=C2/NC3=C(CCC=C3)N2)n1. The molecule has 0 spiro atoms. The molecule has 20 heavy (non-hydrogen) atoms. The zero-order valence-electron chi connectivity index (χ0n) is 11.5. The summed E-state index contributed by atoms with van der Waals surface area (Å²) in [5.41, 5.74) is 4.28. The van der Waals surface area contributed by atoms with Crippen LogP contribution in [0, 0.1) is 25.2 Å². The number of allylic oxidation sites excluding steroid dienone is 4. The highest BCUT2D eigenvalue weighted by atomic mass is 15.2. The number of rotatable bonds is 1. The van der Waals surface area contributed by atoms with Crippen molar-refractivity contribution in [3.8, 4) is 6.07 Å². The molecule has 0 aromatic carbocycles. The Morgan fingerprint density at radius 3 is 2.95 bits per heavy atom. The monoisotopic (exact) mass is 265 g/mol. The van der Waals surface area contributed by atoms with Gasteiger partial charge in [-0.2, -0.15) is 5.26 Å². The van der Waals surface area contributed by atoms with E-state index in [1.807, 2.05) is 19.9 Å². The third-order valence-electron chi connectivity index (χ3n) is 3.40. The van der Waals surface area contributed by atoms with Crippen molar-refractivity contribution in [3.05, 3.63) is 52.6 Å². The van der Waals surface area contributed by atoms with E-state index in [0.717, 1.165) is 29.8 Å². The second kappa shape index (κ2) is 4.82. The lowest BCUT2D eigenvalue weighted by Crippen LogP contribution is -2.16. The molecule has 2 heterocycles. The van der Waals surface area contributed by atoms with E-state index >= 15 is 0 Å². The molecule has 2 N–H and O–H groups in total. The van der Waals surface area contributed by atoms with Crippen molar-refractivity contribution >= 4 is 5.57 Å². The summed E-state index contributed by atoms with van der Waals surface area (Å²) in [7, 11) is 0. The number of nitrogens with one attached hydrogen (secondary N) is 2. The predicted molar refractivity (Wildman–Crippen MR) is 75.7 cm³/mol. The molecule has 1 aliphatic carbocycles. The van der Waals surface area contributed by atoms with Gasteiger partial charge in [-0.3, -0.25) is 0 Å². The minimum atomic E-state index is 0.524. The maximum absolute atomic E-state index is 9.50. The third-order valence-corrected chi connectivity index (χ3v) is 3.40. The fraction of sp³-hybridized carbons (Fsp3) is 0.267. The lowest BCUT2D eigenvalue weighted by molar-refractivity contribution is 0.865. The van der Waals surface area contributed by atoms with Crippen molar-refractivity contribution in [3.63, 3.8) is 0 Å². The van der Waals surface area contributed by atoms with Gasteiger partial charge in [0.05, 0.1) is 11.4 Å². The van der Waals surface area contributed by atoms with E-state index in [1.54, 1.807) is 6.20 Å². The average molecular weight is 265 g/mol. The zero-order valence-corrected chi connectivity index (χ0v) is 11.5. The number of hydrogen-bond donors (Lipinski definition) is 2. The van der Waals surface area contributed by atoms with Crippen LogP contribution in [0.1, 0.15) is 29.9 Å². The van der Waals surface area contributed by atoms with Gasteiger partial charge in [-0.05, 0) is 38.3 Å². The third kappa shape index (κ3) is 2.05. The fourth-order valence-corrected chi connectivity index (χ4v) is 2.36. The van der Waals surface area contributed by atoms with Crippen LogP contribution < -0.4 is 10.6 Å². The molecule has 0 unspecified atom stereocenters. The second-order valence-electron chi connectivity index (χ2n) is 4.89. The van der Waals surface area contributed by atoms with Crippen molar-refractivity contribution in [2.24, 2.45) is 0 Å². The van der Waals surface area contributed by atoms with Crippen molar-refractivity contribution in [2.45, 2.75) is 26.7 Å². The van der Waals surface area contributed by atoms with Crippen LogP contribution in [-0.4, -0.2) is 9.97 Å². The first-order valence-electron chi connectivity index (χ1n) is 6.58. The zero-order chi connectivity index (χ0) is 14.1. The minimum absolute atomic E-state index is 0.524. The Kier molecular flexibility index (Phi) is 2.99. The molecule has 100 valence electrons. The standard InChI is InChI=1S/C15H15N5/c1-9-8-17-10(2)18-14(9)11(7-16)15-19-12-5-3-4-6-13(12)20-15/h3,5,8,19-20H,4,6H2,1-2H3/b15-11-. The summed E-state index contributed by atoms with van der Waals surface area (Å²) in [5.74, 6) is 1.37. The quantitative estimate of drug-likeness (QED) is 0.760. The lowest BCUT2D eigenvalue weighted by atomic mass is 10.1. The molecular weight excluding hydrogens is 250 g/mol. The Morgan fingerprint density at radius 1 is 1.35 bits per heavy atom. The van der Waals surface area contributed by atoms with E-state index in [-0.39, 0.29) is 0 Å². The van der Waals surface area contributed by atoms with Gasteiger partial charge in [0.2, 0.25) is 0 Å². The van der Waals surface area contributed by atoms with Crippen LogP contribution in [-0.2, 0) is 0 Å². The van der Waals surface area contributed by atoms with Crippen molar-refractivity contribution < 1.29 is 0 Å². The number of hydrogen-bond acceptors (Lipinski definition) is 5. The van der Waals surface area contributed by atoms with Crippen molar-refractivity contribution in [1.82, 2.24) is 20.6 Å². The molecule has 5 nitrogen and oxygen atoms in total. The van der Waals surface area contributed by atoms with E-state index in [1.165, 1.54) is 0 Å². The van der Waals surface area contributed by atoms with Crippen LogP contribution in [0.15, 0.2) is 35.6 Å². The number of aryl methyl sites for hydroxylation is 2. The molecule has 0 amide bonds. The highest BCUT2D eigenvalue weighted by Gasteiger charge is 2.22. The molecule has 0 radical (unpaired) electrons. The number of aromatic nitrogens is 2. The fourth-order valence-electron chi connectivity index (χ4n) is 2.36. The molecule has 1 aromatic heterocycles. The topological polar surface area (TPSA) is 73.6 Å². The van der Waals surface area contributed by atoms with Crippen LogP contribution in [0.25, 0.3) is 5.57 Å². The Bertz CT molecular complexity index is 703. The van der Waals surface area contributed by atoms with Gasteiger partial charge < -0.3 is 10.6 Å². The van der Waals surface area contributed by atoms with E-state index in [0.29, 0.717) is 22.9 Å². The van der Waals surface area contributed by atoms with Crippen LogP contribution in [0.2, 0.25) is 0 Å². The molecule has 0 fully saturated rings. The van der Waals surface area contributed by atoms with E-state index in [4.69, 9.17) is 0 Å². The van der Waals surface area contributed by atoms with Gasteiger partial charge in [0.15, 0.2) is 0 Å². The van der Waals surface area contributed by atoms with E-state index in [2.05, 4.69) is 32.7 Å². The van der Waals surface area contributed by atoms with Crippen LogP contribution in [0.4, 0.5) is 0 Å². The highest BCUT2D eigenvalue weighted by Crippen LogP contribution is 2.26. The lowest BCUT2D eigenvalue weighted by Gasteiger charge is -2.09. The van der Waals surface area contributed by atoms with Crippen LogP contribution in [0.3, 0.4) is 0 Å². The molecule has 5 heteroatoms. The van der Waals surface area contributed by atoms with Crippen LogP contribution >= 0.6 is 0 Å². The maximum Gasteiger partial charge on any atom is 0.128 e. The molecule has 3 rings (SSSR count). The van der Waals surface area contributed by atoms with Crippen LogP contribution in [0.5, 0.6) is 0 Å². The Morgan fingerprint density at radius 2 is 2.20 bits per heavy atom. The number of nitriles is 1. The Balaban J connectivity index is 2.04. The van der Waals surface area contributed by atoms with E-state index in [9.17, 15) is 5.26 Å². The largest absolute Gasteiger partial charge is 0.342 e. The molecule has 1 aliphatic heterocycles. The first-order valence-corrected chi connectivity index (χ1v) is 6.58. The smallest absolute Gasteiger partial charge is 0.128 e. The van der Waals surface area contributed by atoms with Gasteiger partial charge in [-0.1, -0.05) is 6.08 Å². The summed E-state index contributed by atoms with van der Waals surface area (Å²) >= 11 is 0. The summed E-state index contributed by atoms with van der Waals surface area (Å²) in [6.45, 7) is 3.74. The molecule has 1 aromatic rings. The van der Waals surface area contributed by atoms with Gasteiger partial charge >= 0.3 is 0 Å². The van der Waals surface area contributed by atoms with Gasteiger partial charge in [-0.25, -0.2) is 9.97 Å². The first kappa shape index (κ1) is 12.4. The normalized spacial score (nSPS) is 19.1. The van der Waals surface area contributed by atoms with E-state index < -0.39 is 0 Å². The maximum atomic E-state index is 9.50.